The summed E-state index contributed by atoms with van der Waals surface area (Å²) in [5.74, 6) is -0.234. The van der Waals surface area contributed by atoms with Crippen molar-refractivity contribution < 1.29 is 9.59 Å². The summed E-state index contributed by atoms with van der Waals surface area (Å²) in [6, 6.07) is 5.99. The molecule has 0 unspecified atom stereocenters. The van der Waals surface area contributed by atoms with Gasteiger partial charge in [-0.1, -0.05) is 24.3 Å². The summed E-state index contributed by atoms with van der Waals surface area (Å²) in [5, 5.41) is 7.86. The number of benzene rings is 1. The van der Waals surface area contributed by atoms with Gasteiger partial charge in [-0.2, -0.15) is 0 Å². The standard InChI is InChI=1S/C16H21N3O2/c1-2-8-17-15(20)11-19-16(21)18-10-12-6-7-13-4-3-5-14(13)9-12/h2,6-7,9H,1,3-5,8,10-11H2,(H,17,20)(H2,18,19,21). The highest BCUT2D eigenvalue weighted by Gasteiger charge is 2.11. The highest BCUT2D eigenvalue weighted by atomic mass is 16.2. The molecule has 0 aromatic heterocycles. The van der Waals surface area contributed by atoms with Gasteiger partial charge >= 0.3 is 6.03 Å². The number of fused-ring (bicyclic) bond motifs is 1. The van der Waals surface area contributed by atoms with E-state index in [2.05, 4.69) is 34.7 Å². The number of aryl methyl sites for hydroxylation is 2. The fourth-order valence-electron chi connectivity index (χ4n) is 2.39. The van der Waals surface area contributed by atoms with Crippen molar-refractivity contribution in [1.82, 2.24) is 16.0 Å². The molecule has 112 valence electrons. The molecule has 5 heteroatoms. The zero-order chi connectivity index (χ0) is 15.1. The Kier molecular flexibility index (Phi) is 5.37. The van der Waals surface area contributed by atoms with Crippen LogP contribution in [0.25, 0.3) is 0 Å². The average molecular weight is 287 g/mol. The first-order valence-corrected chi connectivity index (χ1v) is 7.19. The molecule has 1 aromatic rings. The molecule has 0 saturated carbocycles. The van der Waals surface area contributed by atoms with Crippen molar-refractivity contribution in [3.63, 3.8) is 0 Å². The average Bonchev–Trinajstić information content (AvgIpc) is 2.96. The maximum Gasteiger partial charge on any atom is 0.315 e. The van der Waals surface area contributed by atoms with E-state index in [0.29, 0.717) is 13.1 Å². The summed E-state index contributed by atoms with van der Waals surface area (Å²) in [6.45, 7) is 4.33. The van der Waals surface area contributed by atoms with E-state index in [1.807, 2.05) is 6.07 Å². The number of amides is 3. The lowest BCUT2D eigenvalue weighted by atomic mass is 10.1. The van der Waals surface area contributed by atoms with Crippen molar-refractivity contribution >= 4 is 11.9 Å². The van der Waals surface area contributed by atoms with Gasteiger partial charge in [0.2, 0.25) is 5.91 Å². The number of urea groups is 1. The van der Waals surface area contributed by atoms with Crippen LogP contribution in [0.5, 0.6) is 0 Å². The van der Waals surface area contributed by atoms with Crippen LogP contribution in [0.2, 0.25) is 0 Å². The molecule has 1 aliphatic rings. The molecule has 21 heavy (non-hydrogen) atoms. The minimum atomic E-state index is -0.343. The summed E-state index contributed by atoms with van der Waals surface area (Å²) in [5.41, 5.74) is 3.89. The van der Waals surface area contributed by atoms with E-state index < -0.39 is 0 Å². The molecule has 0 bridgehead atoms. The first kappa shape index (κ1) is 15.1. The molecule has 5 nitrogen and oxygen atoms in total. The quantitative estimate of drug-likeness (QED) is 0.690. The van der Waals surface area contributed by atoms with Gasteiger partial charge < -0.3 is 16.0 Å². The molecule has 3 amide bonds. The van der Waals surface area contributed by atoms with E-state index in [1.54, 1.807) is 6.08 Å². The predicted octanol–water partition coefficient (Wildman–Crippen LogP) is 1.28. The summed E-state index contributed by atoms with van der Waals surface area (Å²) >= 11 is 0. The second-order valence-corrected chi connectivity index (χ2v) is 5.09. The van der Waals surface area contributed by atoms with Gasteiger partial charge in [-0.05, 0) is 36.0 Å². The number of nitrogens with one attached hydrogen (secondary N) is 3. The molecule has 1 aliphatic carbocycles. The van der Waals surface area contributed by atoms with Crippen LogP contribution in [-0.4, -0.2) is 25.0 Å². The minimum Gasteiger partial charge on any atom is -0.351 e. The molecule has 0 aliphatic heterocycles. The van der Waals surface area contributed by atoms with Crippen molar-refractivity contribution in [1.29, 1.82) is 0 Å². The molecule has 2 rings (SSSR count). The first-order chi connectivity index (χ1) is 10.2. The molecule has 3 N–H and O–H groups in total. The molecule has 0 fully saturated rings. The molecule has 0 atom stereocenters. The Hall–Kier alpha value is -2.30. The molecule has 1 aromatic carbocycles. The van der Waals surface area contributed by atoms with Crippen molar-refractivity contribution in [2.45, 2.75) is 25.8 Å². The fourth-order valence-corrected chi connectivity index (χ4v) is 2.39. The van der Waals surface area contributed by atoms with Crippen molar-refractivity contribution in [3.8, 4) is 0 Å². The Morgan fingerprint density at radius 2 is 1.95 bits per heavy atom. The summed E-state index contributed by atoms with van der Waals surface area (Å²) < 4.78 is 0. The van der Waals surface area contributed by atoms with Crippen molar-refractivity contribution in [3.05, 3.63) is 47.5 Å². The minimum absolute atomic E-state index is 0.0378. The van der Waals surface area contributed by atoms with E-state index in [4.69, 9.17) is 0 Å². The third-order valence-corrected chi connectivity index (χ3v) is 3.47. The molecule has 0 radical (unpaired) electrons. The summed E-state index contributed by atoms with van der Waals surface area (Å²) in [7, 11) is 0. The van der Waals surface area contributed by atoms with Crippen LogP contribution in [0, 0.1) is 0 Å². The lowest BCUT2D eigenvalue weighted by Gasteiger charge is -2.09. The molecular weight excluding hydrogens is 266 g/mol. The van der Waals surface area contributed by atoms with Crippen molar-refractivity contribution in [2.75, 3.05) is 13.1 Å². The monoisotopic (exact) mass is 287 g/mol. The van der Waals surface area contributed by atoms with Crippen LogP contribution in [0.4, 0.5) is 4.79 Å². The SMILES string of the molecule is C=CCNC(=O)CNC(=O)NCc1ccc2c(c1)CCC2. The van der Waals surface area contributed by atoms with Crippen LogP contribution in [0.3, 0.4) is 0 Å². The van der Waals surface area contributed by atoms with Gasteiger partial charge in [0.1, 0.15) is 0 Å². The Morgan fingerprint density at radius 3 is 2.76 bits per heavy atom. The smallest absolute Gasteiger partial charge is 0.315 e. The largest absolute Gasteiger partial charge is 0.351 e. The third-order valence-electron chi connectivity index (χ3n) is 3.47. The number of hydrogen-bond donors (Lipinski definition) is 3. The van der Waals surface area contributed by atoms with Gasteiger partial charge in [-0.15, -0.1) is 6.58 Å². The van der Waals surface area contributed by atoms with Crippen LogP contribution < -0.4 is 16.0 Å². The highest BCUT2D eigenvalue weighted by Crippen LogP contribution is 2.22. The fraction of sp³-hybridized carbons (Fsp3) is 0.375. The first-order valence-electron chi connectivity index (χ1n) is 7.19. The van der Waals surface area contributed by atoms with Gasteiger partial charge in [0.25, 0.3) is 0 Å². The van der Waals surface area contributed by atoms with Crippen LogP contribution >= 0.6 is 0 Å². The topological polar surface area (TPSA) is 70.2 Å². The van der Waals surface area contributed by atoms with Gasteiger partial charge in [0, 0.05) is 13.1 Å². The lowest BCUT2D eigenvalue weighted by Crippen LogP contribution is -2.41. The molecule has 0 spiro atoms. The third kappa shape index (κ3) is 4.63. The van der Waals surface area contributed by atoms with Crippen LogP contribution in [0.15, 0.2) is 30.9 Å². The van der Waals surface area contributed by atoms with E-state index in [-0.39, 0.29) is 18.5 Å². The van der Waals surface area contributed by atoms with Crippen LogP contribution in [0.1, 0.15) is 23.1 Å². The number of rotatable bonds is 6. The Bertz CT molecular complexity index is 540. The zero-order valence-corrected chi connectivity index (χ0v) is 12.1. The molecule has 0 heterocycles. The van der Waals surface area contributed by atoms with Crippen molar-refractivity contribution in [2.24, 2.45) is 0 Å². The molecular formula is C16H21N3O2. The van der Waals surface area contributed by atoms with Crippen LogP contribution in [-0.2, 0) is 24.2 Å². The lowest BCUT2D eigenvalue weighted by molar-refractivity contribution is -0.119. The van der Waals surface area contributed by atoms with Gasteiger partial charge in [0.05, 0.1) is 6.54 Å². The molecule has 0 saturated heterocycles. The second-order valence-electron chi connectivity index (χ2n) is 5.09. The normalized spacial score (nSPS) is 12.4. The second kappa shape index (κ2) is 7.47. The number of hydrogen-bond acceptors (Lipinski definition) is 2. The van der Waals surface area contributed by atoms with Gasteiger partial charge in [-0.25, -0.2) is 4.79 Å². The Balaban J connectivity index is 1.71. The summed E-state index contributed by atoms with van der Waals surface area (Å²) in [6.07, 6.45) is 5.08. The zero-order valence-electron chi connectivity index (χ0n) is 12.1. The summed E-state index contributed by atoms with van der Waals surface area (Å²) in [4.78, 5) is 22.9. The van der Waals surface area contributed by atoms with E-state index in [0.717, 1.165) is 18.4 Å². The number of carbonyl (C=O) groups is 2. The predicted molar refractivity (Wildman–Crippen MR) is 81.9 cm³/mol. The van der Waals surface area contributed by atoms with Gasteiger partial charge in [0.15, 0.2) is 0 Å². The highest BCUT2D eigenvalue weighted by molar-refractivity contribution is 5.83. The Morgan fingerprint density at radius 1 is 1.14 bits per heavy atom. The maximum atomic E-state index is 11.6. The Labute approximate surface area is 124 Å². The number of carbonyl (C=O) groups excluding carboxylic acids is 2. The van der Waals surface area contributed by atoms with E-state index in [1.165, 1.54) is 17.5 Å². The van der Waals surface area contributed by atoms with Gasteiger partial charge in [-0.3, -0.25) is 4.79 Å². The van der Waals surface area contributed by atoms with E-state index >= 15 is 0 Å². The maximum absolute atomic E-state index is 11.6. The van der Waals surface area contributed by atoms with E-state index in [9.17, 15) is 9.59 Å².